The minimum absolute atomic E-state index is 0. The number of rotatable bonds is 6. The molecule has 2 rings (SSSR count). The summed E-state index contributed by atoms with van der Waals surface area (Å²) < 4.78 is 0. The molecule has 0 atom stereocenters. The van der Waals surface area contributed by atoms with Crippen molar-refractivity contribution in [2.24, 2.45) is 0 Å². The Morgan fingerprint density at radius 2 is 1.55 bits per heavy atom. The molecule has 0 aliphatic rings. The van der Waals surface area contributed by atoms with Gasteiger partial charge in [0.25, 0.3) is 0 Å². The highest BCUT2D eigenvalue weighted by atomic mass is 35.5. The third-order valence-electron chi connectivity index (χ3n) is 3.15. The Hall–Kier alpha value is -1.51. The number of hydrogen-bond acceptors (Lipinski definition) is 2. The molecule has 20 heavy (non-hydrogen) atoms. The Labute approximate surface area is 128 Å². The topological polar surface area (TPSA) is 29.3 Å². The first-order chi connectivity index (χ1) is 9.28. The molecule has 0 bridgehead atoms. The van der Waals surface area contributed by atoms with E-state index in [2.05, 4.69) is 54.3 Å². The molecule has 0 aromatic heterocycles. The maximum atomic E-state index is 5.84. The number of nitrogens with two attached hydrogens (primary N) is 1. The van der Waals surface area contributed by atoms with E-state index in [1.807, 2.05) is 12.1 Å². The maximum Gasteiger partial charge on any atom is 0.0317 e. The molecule has 2 aromatic rings. The lowest BCUT2D eigenvalue weighted by Gasteiger charge is -2.22. The predicted molar refractivity (Wildman–Crippen MR) is 88.9 cm³/mol. The van der Waals surface area contributed by atoms with Gasteiger partial charge in [-0.05, 0) is 36.2 Å². The Morgan fingerprint density at radius 1 is 0.900 bits per heavy atom. The summed E-state index contributed by atoms with van der Waals surface area (Å²) >= 11 is 0. The minimum Gasteiger partial charge on any atom is -0.399 e. The van der Waals surface area contributed by atoms with Gasteiger partial charge in [-0.1, -0.05) is 49.4 Å². The van der Waals surface area contributed by atoms with E-state index in [4.69, 9.17) is 5.73 Å². The van der Waals surface area contributed by atoms with Crippen molar-refractivity contribution in [3.63, 3.8) is 0 Å². The highest BCUT2D eigenvalue weighted by Gasteiger charge is 2.06. The Morgan fingerprint density at radius 3 is 2.20 bits per heavy atom. The molecular weight excluding hydrogens is 268 g/mol. The van der Waals surface area contributed by atoms with Gasteiger partial charge in [-0.3, -0.25) is 4.90 Å². The average molecular weight is 291 g/mol. The highest BCUT2D eigenvalue weighted by Crippen LogP contribution is 2.12. The van der Waals surface area contributed by atoms with Crippen LogP contribution in [0.15, 0.2) is 54.6 Å². The number of nitrogens with zero attached hydrogens (tertiary/aromatic N) is 1. The summed E-state index contributed by atoms with van der Waals surface area (Å²) in [5, 5.41) is 0. The third kappa shape index (κ3) is 5.24. The molecule has 0 fully saturated rings. The van der Waals surface area contributed by atoms with Crippen molar-refractivity contribution in [1.82, 2.24) is 4.90 Å². The van der Waals surface area contributed by atoms with Crippen LogP contribution in [-0.2, 0) is 13.1 Å². The standard InChI is InChI=1S/C17H22N2.ClH/c1-2-11-19(13-15-7-4-3-5-8-15)14-16-9-6-10-17(18)12-16;/h3-10,12H,2,11,13-14,18H2,1H3;1H. The van der Waals surface area contributed by atoms with Crippen LogP contribution in [0.1, 0.15) is 24.5 Å². The van der Waals surface area contributed by atoms with E-state index in [9.17, 15) is 0 Å². The van der Waals surface area contributed by atoms with Gasteiger partial charge in [0.05, 0.1) is 0 Å². The average Bonchev–Trinajstić information content (AvgIpc) is 2.40. The Balaban J connectivity index is 0.00000200. The summed E-state index contributed by atoms with van der Waals surface area (Å²) in [6.45, 7) is 5.26. The van der Waals surface area contributed by atoms with Crippen LogP contribution in [0, 0.1) is 0 Å². The van der Waals surface area contributed by atoms with E-state index in [0.29, 0.717) is 0 Å². The normalized spacial score (nSPS) is 10.3. The summed E-state index contributed by atoms with van der Waals surface area (Å²) in [6.07, 6.45) is 1.16. The van der Waals surface area contributed by atoms with Gasteiger partial charge in [-0.2, -0.15) is 0 Å². The van der Waals surface area contributed by atoms with Crippen LogP contribution in [-0.4, -0.2) is 11.4 Å². The molecule has 2 aromatic carbocycles. The van der Waals surface area contributed by atoms with Crippen LogP contribution in [0.25, 0.3) is 0 Å². The molecule has 0 heterocycles. The van der Waals surface area contributed by atoms with Gasteiger partial charge in [-0.15, -0.1) is 12.4 Å². The molecule has 2 nitrogen and oxygen atoms in total. The quantitative estimate of drug-likeness (QED) is 0.812. The van der Waals surface area contributed by atoms with E-state index in [1.54, 1.807) is 0 Å². The first kappa shape index (κ1) is 16.5. The Kier molecular flexibility index (Phi) is 7.13. The molecule has 0 radical (unpaired) electrons. The second kappa shape index (κ2) is 8.62. The van der Waals surface area contributed by atoms with Crippen LogP contribution in [0.2, 0.25) is 0 Å². The zero-order chi connectivity index (χ0) is 13.5. The lowest BCUT2D eigenvalue weighted by atomic mass is 10.1. The number of halogens is 1. The first-order valence-corrected chi connectivity index (χ1v) is 6.88. The fourth-order valence-corrected chi connectivity index (χ4v) is 2.32. The van der Waals surface area contributed by atoms with Gasteiger partial charge < -0.3 is 5.73 Å². The van der Waals surface area contributed by atoms with Gasteiger partial charge >= 0.3 is 0 Å². The molecule has 2 N–H and O–H groups in total. The van der Waals surface area contributed by atoms with Crippen LogP contribution >= 0.6 is 12.4 Å². The van der Waals surface area contributed by atoms with Gasteiger partial charge in [0.1, 0.15) is 0 Å². The summed E-state index contributed by atoms with van der Waals surface area (Å²) in [5.74, 6) is 0. The molecular formula is C17H23ClN2. The van der Waals surface area contributed by atoms with E-state index in [1.165, 1.54) is 11.1 Å². The van der Waals surface area contributed by atoms with E-state index in [0.717, 1.165) is 31.7 Å². The smallest absolute Gasteiger partial charge is 0.0317 e. The second-order valence-corrected chi connectivity index (χ2v) is 4.94. The first-order valence-electron chi connectivity index (χ1n) is 6.88. The molecule has 3 heteroatoms. The van der Waals surface area contributed by atoms with Gasteiger partial charge in [0.15, 0.2) is 0 Å². The second-order valence-electron chi connectivity index (χ2n) is 4.94. The van der Waals surface area contributed by atoms with Gasteiger partial charge in [-0.25, -0.2) is 0 Å². The molecule has 0 unspecified atom stereocenters. The summed E-state index contributed by atoms with van der Waals surface area (Å²) in [4.78, 5) is 2.46. The fraction of sp³-hybridized carbons (Fsp3) is 0.294. The maximum absolute atomic E-state index is 5.84. The zero-order valence-corrected chi connectivity index (χ0v) is 12.8. The van der Waals surface area contributed by atoms with Crippen molar-refractivity contribution >= 4 is 18.1 Å². The molecule has 0 aliphatic heterocycles. The monoisotopic (exact) mass is 290 g/mol. The fourth-order valence-electron chi connectivity index (χ4n) is 2.32. The number of hydrogen-bond donors (Lipinski definition) is 1. The van der Waals surface area contributed by atoms with Crippen molar-refractivity contribution in [3.8, 4) is 0 Å². The van der Waals surface area contributed by atoms with E-state index < -0.39 is 0 Å². The van der Waals surface area contributed by atoms with Crippen LogP contribution in [0.3, 0.4) is 0 Å². The van der Waals surface area contributed by atoms with E-state index >= 15 is 0 Å². The van der Waals surface area contributed by atoms with E-state index in [-0.39, 0.29) is 12.4 Å². The molecule has 108 valence electrons. The highest BCUT2D eigenvalue weighted by molar-refractivity contribution is 5.85. The van der Waals surface area contributed by atoms with Crippen LogP contribution in [0.5, 0.6) is 0 Å². The molecule has 0 saturated carbocycles. The van der Waals surface area contributed by atoms with Crippen LogP contribution < -0.4 is 5.73 Å². The summed E-state index contributed by atoms with van der Waals surface area (Å²) in [7, 11) is 0. The minimum atomic E-state index is 0. The largest absolute Gasteiger partial charge is 0.399 e. The SMILES string of the molecule is CCCN(Cc1ccccc1)Cc1cccc(N)c1.Cl. The van der Waals surface area contributed by atoms with Gasteiger partial charge in [0.2, 0.25) is 0 Å². The Bertz CT molecular complexity index is 499. The van der Waals surface area contributed by atoms with Crippen molar-refractivity contribution in [2.75, 3.05) is 12.3 Å². The van der Waals surface area contributed by atoms with Gasteiger partial charge in [0, 0.05) is 18.8 Å². The predicted octanol–water partition coefficient (Wildman–Crippen LogP) is 4.10. The number of nitrogen functional groups attached to an aromatic ring is 1. The molecule has 0 spiro atoms. The molecule has 0 saturated heterocycles. The summed E-state index contributed by atoms with van der Waals surface area (Å²) in [6, 6.07) is 18.8. The zero-order valence-electron chi connectivity index (χ0n) is 12.0. The van der Waals surface area contributed by atoms with Crippen molar-refractivity contribution < 1.29 is 0 Å². The lowest BCUT2D eigenvalue weighted by Crippen LogP contribution is -2.23. The number of benzene rings is 2. The molecule has 0 amide bonds. The van der Waals surface area contributed by atoms with Crippen molar-refractivity contribution in [3.05, 3.63) is 65.7 Å². The van der Waals surface area contributed by atoms with Crippen molar-refractivity contribution in [2.45, 2.75) is 26.4 Å². The summed E-state index contributed by atoms with van der Waals surface area (Å²) in [5.41, 5.74) is 9.33. The third-order valence-corrected chi connectivity index (χ3v) is 3.15. The van der Waals surface area contributed by atoms with Crippen LogP contribution in [0.4, 0.5) is 5.69 Å². The lowest BCUT2D eigenvalue weighted by molar-refractivity contribution is 0.257. The van der Waals surface area contributed by atoms with Crippen molar-refractivity contribution in [1.29, 1.82) is 0 Å². The molecule has 0 aliphatic carbocycles. The number of anilines is 1.